The summed E-state index contributed by atoms with van der Waals surface area (Å²) in [6.07, 6.45) is 4.76. The minimum Gasteiger partial charge on any atom is -0.465 e. The SMILES string of the molecule is COC(=O)c1cnn(Cn2ccc(N)n2)c1. The number of nitrogen functional groups attached to an aromatic ring is 1. The molecule has 0 saturated carbocycles. The van der Waals surface area contributed by atoms with Gasteiger partial charge in [0.05, 0.1) is 18.9 Å². The Bertz CT molecular complexity index is 501. The third-order valence-corrected chi connectivity index (χ3v) is 2.01. The zero-order valence-corrected chi connectivity index (χ0v) is 8.70. The number of rotatable bonds is 3. The maximum atomic E-state index is 11.2. The molecular formula is C9H11N5O2. The molecule has 2 heterocycles. The summed E-state index contributed by atoms with van der Waals surface area (Å²) < 4.78 is 7.75. The van der Waals surface area contributed by atoms with Crippen molar-refractivity contribution in [3.8, 4) is 0 Å². The number of nitrogens with zero attached hydrogens (tertiary/aromatic N) is 4. The Balaban J connectivity index is 2.11. The first-order valence-electron chi connectivity index (χ1n) is 4.59. The van der Waals surface area contributed by atoms with Crippen LogP contribution in [0.5, 0.6) is 0 Å². The lowest BCUT2D eigenvalue weighted by molar-refractivity contribution is 0.0600. The molecule has 7 nitrogen and oxygen atoms in total. The van der Waals surface area contributed by atoms with Gasteiger partial charge in [0.2, 0.25) is 0 Å². The fraction of sp³-hybridized carbons (Fsp3) is 0.222. The Labute approximate surface area is 91.4 Å². The van der Waals surface area contributed by atoms with Gasteiger partial charge < -0.3 is 10.5 Å². The minimum atomic E-state index is -0.411. The van der Waals surface area contributed by atoms with Crippen molar-refractivity contribution < 1.29 is 9.53 Å². The number of methoxy groups -OCH3 is 1. The molecule has 0 saturated heterocycles. The van der Waals surface area contributed by atoms with E-state index >= 15 is 0 Å². The second-order valence-electron chi connectivity index (χ2n) is 3.18. The predicted molar refractivity (Wildman–Crippen MR) is 55.6 cm³/mol. The van der Waals surface area contributed by atoms with Crippen LogP contribution in [-0.2, 0) is 11.4 Å². The normalized spacial score (nSPS) is 10.3. The van der Waals surface area contributed by atoms with E-state index in [0.717, 1.165) is 0 Å². The number of esters is 1. The average molecular weight is 221 g/mol. The lowest BCUT2D eigenvalue weighted by Crippen LogP contribution is -2.09. The van der Waals surface area contributed by atoms with Crippen LogP contribution >= 0.6 is 0 Å². The van der Waals surface area contributed by atoms with Crippen molar-refractivity contribution in [1.82, 2.24) is 19.6 Å². The molecule has 0 aliphatic rings. The van der Waals surface area contributed by atoms with E-state index in [1.54, 1.807) is 27.8 Å². The van der Waals surface area contributed by atoms with Crippen molar-refractivity contribution in [2.45, 2.75) is 6.67 Å². The molecule has 0 bridgehead atoms. The molecule has 2 aromatic rings. The molecule has 0 spiro atoms. The topological polar surface area (TPSA) is 88.0 Å². The first-order valence-corrected chi connectivity index (χ1v) is 4.59. The summed E-state index contributed by atoms with van der Waals surface area (Å²) in [6, 6.07) is 1.69. The highest BCUT2D eigenvalue weighted by atomic mass is 16.5. The smallest absolute Gasteiger partial charge is 0.341 e. The first-order chi connectivity index (χ1) is 7.69. The van der Waals surface area contributed by atoms with E-state index in [1.807, 2.05) is 0 Å². The van der Waals surface area contributed by atoms with Gasteiger partial charge in [-0.2, -0.15) is 10.2 Å². The van der Waals surface area contributed by atoms with Gasteiger partial charge in [-0.15, -0.1) is 0 Å². The number of aromatic nitrogens is 4. The van der Waals surface area contributed by atoms with E-state index in [2.05, 4.69) is 14.9 Å². The van der Waals surface area contributed by atoms with Crippen LogP contribution in [0.3, 0.4) is 0 Å². The molecule has 2 aromatic heterocycles. The molecule has 0 aromatic carbocycles. The number of carbonyl (C=O) groups excluding carboxylic acids is 1. The van der Waals surface area contributed by atoms with Crippen molar-refractivity contribution in [2.75, 3.05) is 12.8 Å². The Hall–Kier alpha value is -2.31. The van der Waals surface area contributed by atoms with Crippen LogP contribution in [0.2, 0.25) is 0 Å². The van der Waals surface area contributed by atoms with Crippen LogP contribution in [0.1, 0.15) is 10.4 Å². The average Bonchev–Trinajstić information content (AvgIpc) is 2.87. The number of ether oxygens (including phenoxy) is 1. The van der Waals surface area contributed by atoms with Gasteiger partial charge in [-0.25, -0.2) is 9.48 Å². The highest BCUT2D eigenvalue weighted by Gasteiger charge is 2.08. The third-order valence-electron chi connectivity index (χ3n) is 2.01. The van der Waals surface area contributed by atoms with E-state index in [1.165, 1.54) is 13.3 Å². The monoisotopic (exact) mass is 221 g/mol. The van der Waals surface area contributed by atoms with Crippen LogP contribution in [0, 0.1) is 0 Å². The van der Waals surface area contributed by atoms with Gasteiger partial charge in [0, 0.05) is 18.5 Å². The maximum Gasteiger partial charge on any atom is 0.341 e. The quantitative estimate of drug-likeness (QED) is 0.734. The van der Waals surface area contributed by atoms with E-state index in [-0.39, 0.29) is 0 Å². The van der Waals surface area contributed by atoms with E-state index in [4.69, 9.17) is 5.73 Å². The molecule has 0 aliphatic carbocycles. The second-order valence-corrected chi connectivity index (χ2v) is 3.18. The van der Waals surface area contributed by atoms with Crippen molar-refractivity contribution in [3.63, 3.8) is 0 Å². The van der Waals surface area contributed by atoms with Crippen molar-refractivity contribution in [2.24, 2.45) is 0 Å². The summed E-state index contributed by atoms with van der Waals surface area (Å²) >= 11 is 0. The fourth-order valence-corrected chi connectivity index (χ4v) is 1.27. The summed E-state index contributed by atoms with van der Waals surface area (Å²) in [7, 11) is 1.33. The highest BCUT2D eigenvalue weighted by Crippen LogP contribution is 2.01. The predicted octanol–water partition coefficient (Wildman–Crippen LogP) is -0.0458. The molecule has 84 valence electrons. The van der Waals surface area contributed by atoms with Crippen molar-refractivity contribution in [3.05, 3.63) is 30.2 Å². The van der Waals surface area contributed by atoms with Crippen LogP contribution in [0.4, 0.5) is 5.82 Å². The molecule has 0 atom stereocenters. The number of anilines is 1. The molecule has 0 unspecified atom stereocenters. The van der Waals surface area contributed by atoms with Gasteiger partial charge in [0.15, 0.2) is 0 Å². The minimum absolute atomic E-state index is 0.397. The van der Waals surface area contributed by atoms with E-state index < -0.39 is 5.97 Å². The number of nitrogens with two attached hydrogens (primary N) is 1. The van der Waals surface area contributed by atoms with Crippen molar-refractivity contribution in [1.29, 1.82) is 0 Å². The van der Waals surface area contributed by atoms with Gasteiger partial charge in [-0.3, -0.25) is 4.68 Å². The van der Waals surface area contributed by atoms with Gasteiger partial charge in [0.1, 0.15) is 12.5 Å². The molecule has 0 aliphatic heterocycles. The lowest BCUT2D eigenvalue weighted by atomic mass is 10.4. The largest absolute Gasteiger partial charge is 0.465 e. The molecule has 2 N–H and O–H groups in total. The Morgan fingerprint density at radius 3 is 3.00 bits per heavy atom. The van der Waals surface area contributed by atoms with Crippen LogP contribution in [0.15, 0.2) is 24.7 Å². The van der Waals surface area contributed by atoms with Gasteiger partial charge in [0.25, 0.3) is 0 Å². The molecule has 0 radical (unpaired) electrons. The maximum absolute atomic E-state index is 11.2. The summed E-state index contributed by atoms with van der Waals surface area (Å²) in [5.41, 5.74) is 5.88. The van der Waals surface area contributed by atoms with Crippen LogP contribution in [0.25, 0.3) is 0 Å². The third kappa shape index (κ3) is 2.02. The molecule has 0 amide bonds. The fourth-order valence-electron chi connectivity index (χ4n) is 1.27. The Morgan fingerprint density at radius 1 is 1.56 bits per heavy atom. The summed E-state index contributed by atoms with van der Waals surface area (Å²) in [5, 5.41) is 8.00. The zero-order chi connectivity index (χ0) is 11.5. The van der Waals surface area contributed by atoms with Crippen molar-refractivity contribution >= 4 is 11.8 Å². The molecular weight excluding hydrogens is 210 g/mol. The number of hydrogen-bond acceptors (Lipinski definition) is 5. The lowest BCUT2D eigenvalue weighted by Gasteiger charge is -2.00. The summed E-state index contributed by atoms with van der Waals surface area (Å²) in [4.78, 5) is 11.2. The van der Waals surface area contributed by atoms with Gasteiger partial charge >= 0.3 is 5.97 Å². The second kappa shape index (κ2) is 4.05. The highest BCUT2D eigenvalue weighted by molar-refractivity contribution is 5.88. The Kier molecular flexibility index (Phi) is 2.59. The molecule has 2 rings (SSSR count). The first kappa shape index (κ1) is 10.2. The number of carbonyl (C=O) groups is 1. The van der Waals surface area contributed by atoms with Crippen LogP contribution in [-0.4, -0.2) is 32.6 Å². The molecule has 7 heteroatoms. The Morgan fingerprint density at radius 2 is 2.38 bits per heavy atom. The van der Waals surface area contributed by atoms with Crippen LogP contribution < -0.4 is 5.73 Å². The molecule has 0 fully saturated rings. The van der Waals surface area contributed by atoms with E-state index in [9.17, 15) is 4.79 Å². The summed E-state index contributed by atoms with van der Waals surface area (Å²) in [5.74, 6) is 0.0339. The number of hydrogen-bond donors (Lipinski definition) is 1. The summed E-state index contributed by atoms with van der Waals surface area (Å²) in [6.45, 7) is 0.397. The zero-order valence-electron chi connectivity index (χ0n) is 8.70. The van der Waals surface area contributed by atoms with Gasteiger partial charge in [-0.05, 0) is 0 Å². The molecule has 16 heavy (non-hydrogen) atoms. The van der Waals surface area contributed by atoms with Gasteiger partial charge in [-0.1, -0.05) is 0 Å². The van der Waals surface area contributed by atoms with E-state index in [0.29, 0.717) is 18.1 Å². The standard InChI is InChI=1S/C9H11N5O2/c1-16-9(15)7-4-11-14(5-7)6-13-3-2-8(10)12-13/h2-5H,6H2,1H3,(H2,10,12).